The van der Waals surface area contributed by atoms with Gasteiger partial charge in [-0.1, -0.05) is 17.7 Å². The second-order valence-electron chi connectivity index (χ2n) is 5.43. The van der Waals surface area contributed by atoms with Gasteiger partial charge in [0.2, 0.25) is 0 Å². The van der Waals surface area contributed by atoms with Crippen molar-refractivity contribution in [1.29, 1.82) is 0 Å². The zero-order valence-electron chi connectivity index (χ0n) is 13.3. The number of aryl methyl sites for hydroxylation is 1. The Morgan fingerprint density at radius 3 is 2.92 bits per heavy atom. The van der Waals surface area contributed by atoms with E-state index < -0.39 is 11.7 Å². The number of ether oxygens (including phenoxy) is 1. The lowest BCUT2D eigenvalue weighted by Gasteiger charge is -2.15. The molecule has 25 heavy (non-hydrogen) atoms. The summed E-state index contributed by atoms with van der Waals surface area (Å²) in [7, 11) is 0. The van der Waals surface area contributed by atoms with Crippen molar-refractivity contribution < 1.29 is 19.1 Å². The number of carbonyl (C=O) groups is 1. The van der Waals surface area contributed by atoms with E-state index in [0.29, 0.717) is 16.3 Å². The topological polar surface area (TPSA) is 94.6 Å². The summed E-state index contributed by atoms with van der Waals surface area (Å²) in [4.78, 5) is 26.9. The van der Waals surface area contributed by atoms with E-state index in [9.17, 15) is 9.59 Å². The van der Waals surface area contributed by atoms with E-state index in [0.717, 1.165) is 5.69 Å². The summed E-state index contributed by atoms with van der Waals surface area (Å²) in [5.41, 5.74) is 1.44. The van der Waals surface area contributed by atoms with E-state index in [1.165, 1.54) is 16.7 Å². The third kappa shape index (κ3) is 3.66. The summed E-state index contributed by atoms with van der Waals surface area (Å²) < 4.78 is 12.2. The van der Waals surface area contributed by atoms with Crippen molar-refractivity contribution in [2.24, 2.45) is 0 Å². The molecule has 0 radical (unpaired) electrons. The quantitative estimate of drug-likeness (QED) is 0.723. The van der Waals surface area contributed by atoms with Crippen molar-refractivity contribution in [2.45, 2.75) is 26.0 Å². The van der Waals surface area contributed by atoms with Gasteiger partial charge in [-0.3, -0.25) is 14.3 Å². The summed E-state index contributed by atoms with van der Waals surface area (Å²) >= 11 is 6.26. The van der Waals surface area contributed by atoms with Gasteiger partial charge in [-0.25, -0.2) is 4.79 Å². The fourth-order valence-corrected chi connectivity index (χ4v) is 2.64. The maximum atomic E-state index is 11.9. The molecule has 8 heteroatoms. The Kier molecular flexibility index (Phi) is 4.76. The van der Waals surface area contributed by atoms with Crippen LogP contribution in [0, 0.1) is 0 Å². The number of pyridine rings is 1. The zero-order chi connectivity index (χ0) is 18.0. The molecule has 0 fully saturated rings. The number of carboxylic acid groups (broad SMARTS) is 1. The van der Waals surface area contributed by atoms with Crippen molar-refractivity contribution in [1.82, 2.24) is 9.55 Å². The molecule has 130 valence electrons. The van der Waals surface area contributed by atoms with Crippen LogP contribution in [0.25, 0.3) is 11.1 Å². The molecule has 1 aromatic carbocycles. The first kappa shape index (κ1) is 17.0. The predicted octanol–water partition coefficient (Wildman–Crippen LogP) is 3.26. The Morgan fingerprint density at radius 2 is 2.24 bits per heavy atom. The Morgan fingerprint density at radius 1 is 1.44 bits per heavy atom. The molecule has 0 aliphatic rings. The van der Waals surface area contributed by atoms with Gasteiger partial charge in [0.1, 0.15) is 11.9 Å². The second kappa shape index (κ2) is 6.98. The SMILES string of the molecule is C[C@@H](Oc1cc2oc(=O)n(CCC(=O)O)c2cc1Cl)c1ccccn1. The zero-order valence-corrected chi connectivity index (χ0v) is 14.1. The van der Waals surface area contributed by atoms with Gasteiger partial charge in [-0.05, 0) is 25.1 Å². The van der Waals surface area contributed by atoms with Crippen LogP contribution in [0.3, 0.4) is 0 Å². The van der Waals surface area contributed by atoms with Gasteiger partial charge in [-0.2, -0.15) is 0 Å². The van der Waals surface area contributed by atoms with Gasteiger partial charge >= 0.3 is 11.7 Å². The highest BCUT2D eigenvalue weighted by Gasteiger charge is 2.16. The van der Waals surface area contributed by atoms with Crippen LogP contribution in [0.1, 0.15) is 25.1 Å². The van der Waals surface area contributed by atoms with Crippen LogP contribution in [0.2, 0.25) is 5.02 Å². The van der Waals surface area contributed by atoms with Crippen molar-refractivity contribution in [3.8, 4) is 5.75 Å². The summed E-state index contributed by atoms with van der Waals surface area (Å²) in [6, 6.07) is 8.55. The summed E-state index contributed by atoms with van der Waals surface area (Å²) in [5.74, 6) is -1.29. The molecule has 3 rings (SSSR count). The number of aliphatic carboxylic acids is 1. The highest BCUT2D eigenvalue weighted by molar-refractivity contribution is 6.32. The number of benzene rings is 1. The molecule has 0 saturated carbocycles. The Balaban J connectivity index is 1.92. The second-order valence-corrected chi connectivity index (χ2v) is 5.84. The monoisotopic (exact) mass is 362 g/mol. The van der Waals surface area contributed by atoms with Crippen LogP contribution in [0.15, 0.2) is 45.7 Å². The number of carboxylic acids is 1. The van der Waals surface area contributed by atoms with Gasteiger partial charge in [0.25, 0.3) is 0 Å². The fourth-order valence-electron chi connectivity index (χ4n) is 2.44. The number of rotatable bonds is 6. The molecule has 0 unspecified atom stereocenters. The minimum absolute atomic E-state index is 0.00202. The van der Waals surface area contributed by atoms with E-state index in [4.69, 9.17) is 25.9 Å². The molecule has 7 nitrogen and oxygen atoms in total. The van der Waals surface area contributed by atoms with Crippen LogP contribution in [0.4, 0.5) is 0 Å². The molecule has 0 saturated heterocycles. The van der Waals surface area contributed by atoms with Crippen molar-refractivity contribution in [2.75, 3.05) is 0 Å². The number of fused-ring (bicyclic) bond motifs is 1. The summed E-state index contributed by atoms with van der Waals surface area (Å²) in [5, 5.41) is 9.08. The van der Waals surface area contributed by atoms with Crippen molar-refractivity contribution >= 4 is 28.7 Å². The van der Waals surface area contributed by atoms with E-state index in [-0.39, 0.29) is 24.7 Å². The Bertz CT molecular complexity index is 964. The van der Waals surface area contributed by atoms with Gasteiger partial charge in [-0.15, -0.1) is 0 Å². The first-order chi connectivity index (χ1) is 12.0. The van der Waals surface area contributed by atoms with Crippen LogP contribution < -0.4 is 10.5 Å². The van der Waals surface area contributed by atoms with Crippen LogP contribution in [0.5, 0.6) is 5.75 Å². The van der Waals surface area contributed by atoms with E-state index in [2.05, 4.69) is 4.98 Å². The molecule has 3 aromatic rings. The molecule has 2 aromatic heterocycles. The molecule has 0 amide bonds. The lowest BCUT2D eigenvalue weighted by atomic mass is 10.2. The Labute approximate surface area is 147 Å². The van der Waals surface area contributed by atoms with E-state index >= 15 is 0 Å². The van der Waals surface area contributed by atoms with Crippen molar-refractivity contribution in [3.63, 3.8) is 0 Å². The molecular weight excluding hydrogens is 348 g/mol. The number of hydrogen-bond donors (Lipinski definition) is 1. The van der Waals surface area contributed by atoms with E-state index in [1.54, 1.807) is 6.20 Å². The highest BCUT2D eigenvalue weighted by Crippen LogP contribution is 2.32. The van der Waals surface area contributed by atoms with Crippen LogP contribution in [-0.4, -0.2) is 20.6 Å². The molecule has 1 N–H and O–H groups in total. The van der Waals surface area contributed by atoms with Gasteiger partial charge in [0.05, 0.1) is 22.7 Å². The first-order valence-electron chi connectivity index (χ1n) is 7.58. The Hall–Kier alpha value is -2.80. The number of halogens is 1. The lowest BCUT2D eigenvalue weighted by Crippen LogP contribution is -2.16. The van der Waals surface area contributed by atoms with Crippen LogP contribution in [-0.2, 0) is 11.3 Å². The number of hydrogen-bond acceptors (Lipinski definition) is 5. The fraction of sp³-hybridized carbons (Fsp3) is 0.235. The van der Waals surface area contributed by atoms with Gasteiger partial charge in [0.15, 0.2) is 5.58 Å². The lowest BCUT2D eigenvalue weighted by molar-refractivity contribution is -0.137. The van der Waals surface area contributed by atoms with Gasteiger partial charge in [0, 0.05) is 18.8 Å². The highest BCUT2D eigenvalue weighted by atomic mass is 35.5. The third-order valence-electron chi connectivity index (χ3n) is 3.68. The molecular formula is C17H15ClN2O5. The molecule has 1 atom stereocenters. The maximum absolute atomic E-state index is 11.9. The summed E-state index contributed by atoms with van der Waals surface area (Å²) in [6.07, 6.45) is 1.12. The molecule has 0 aliphatic heterocycles. The first-order valence-corrected chi connectivity index (χ1v) is 7.96. The number of oxazole rings is 1. The smallest absolute Gasteiger partial charge is 0.419 e. The van der Waals surface area contributed by atoms with Crippen LogP contribution >= 0.6 is 11.6 Å². The standard InChI is InChI=1S/C17H15ClN2O5/c1-10(12-4-2-3-6-19-12)24-14-9-15-13(8-11(14)18)20(17(23)25-15)7-5-16(21)22/h2-4,6,8-10H,5,7H2,1H3,(H,21,22)/t10-/m1/s1. The molecule has 0 aliphatic carbocycles. The molecule has 0 bridgehead atoms. The maximum Gasteiger partial charge on any atom is 0.419 e. The van der Waals surface area contributed by atoms with Gasteiger partial charge < -0.3 is 14.3 Å². The molecule has 2 heterocycles. The third-order valence-corrected chi connectivity index (χ3v) is 3.97. The summed E-state index contributed by atoms with van der Waals surface area (Å²) in [6.45, 7) is 1.83. The largest absolute Gasteiger partial charge is 0.483 e. The minimum atomic E-state index is -1.00. The number of aromatic nitrogens is 2. The molecule has 0 spiro atoms. The average Bonchev–Trinajstić information content (AvgIpc) is 2.88. The van der Waals surface area contributed by atoms with Crippen molar-refractivity contribution in [3.05, 3.63) is 57.8 Å². The normalized spacial score (nSPS) is 12.2. The average molecular weight is 363 g/mol. The number of nitrogens with zero attached hydrogens (tertiary/aromatic N) is 2. The predicted molar refractivity (Wildman–Crippen MR) is 91.0 cm³/mol. The van der Waals surface area contributed by atoms with E-state index in [1.807, 2.05) is 25.1 Å². The minimum Gasteiger partial charge on any atom is -0.483 e.